The summed E-state index contributed by atoms with van der Waals surface area (Å²) < 4.78 is 12.9. The van der Waals surface area contributed by atoms with Crippen molar-refractivity contribution in [3.8, 4) is 22.9 Å². The monoisotopic (exact) mass is 486 g/mol. The molecule has 0 unspecified atom stereocenters. The minimum Gasteiger partial charge on any atom is -0.454 e. The zero-order valence-corrected chi connectivity index (χ0v) is 20.5. The third-order valence-corrected chi connectivity index (χ3v) is 6.83. The highest BCUT2D eigenvalue weighted by Crippen LogP contribution is 2.32. The van der Waals surface area contributed by atoms with E-state index in [4.69, 9.17) is 9.47 Å². The predicted octanol–water partition coefficient (Wildman–Crippen LogP) is 5.22. The lowest BCUT2D eigenvalue weighted by atomic mass is 10.1. The smallest absolute Gasteiger partial charge is 0.251 e. The Bertz CT molecular complexity index is 1350. The van der Waals surface area contributed by atoms with Crippen molar-refractivity contribution in [3.05, 3.63) is 89.0 Å². The van der Waals surface area contributed by atoms with Gasteiger partial charge < -0.3 is 19.4 Å². The van der Waals surface area contributed by atoms with Crippen LogP contribution in [0.2, 0.25) is 0 Å². The molecule has 1 amide bonds. The fourth-order valence-electron chi connectivity index (χ4n) is 3.88. The minimum absolute atomic E-state index is 0.118. The van der Waals surface area contributed by atoms with E-state index >= 15 is 0 Å². The molecule has 0 fully saturated rings. The zero-order valence-electron chi connectivity index (χ0n) is 19.7. The van der Waals surface area contributed by atoms with Gasteiger partial charge in [-0.25, -0.2) is 0 Å². The second-order valence-corrected chi connectivity index (χ2v) is 9.22. The molecule has 3 aromatic carbocycles. The molecule has 0 saturated carbocycles. The summed E-state index contributed by atoms with van der Waals surface area (Å²) in [6.07, 6.45) is 0. The van der Waals surface area contributed by atoms with Crippen LogP contribution >= 0.6 is 11.8 Å². The van der Waals surface area contributed by atoms with Crippen LogP contribution < -0.4 is 14.8 Å². The molecule has 0 spiro atoms. The summed E-state index contributed by atoms with van der Waals surface area (Å²) in [4.78, 5) is 12.8. The van der Waals surface area contributed by atoms with Gasteiger partial charge in [-0.1, -0.05) is 59.8 Å². The minimum atomic E-state index is -0.118. The van der Waals surface area contributed by atoms with Crippen molar-refractivity contribution in [2.45, 2.75) is 37.8 Å². The van der Waals surface area contributed by atoms with Crippen LogP contribution in [0.15, 0.2) is 71.9 Å². The van der Waals surface area contributed by atoms with E-state index in [1.807, 2.05) is 42.5 Å². The summed E-state index contributed by atoms with van der Waals surface area (Å²) in [7, 11) is 0. The first-order valence-corrected chi connectivity index (χ1v) is 12.5. The van der Waals surface area contributed by atoms with Crippen LogP contribution in [-0.2, 0) is 18.8 Å². The maximum absolute atomic E-state index is 12.8. The van der Waals surface area contributed by atoms with Crippen LogP contribution in [0.5, 0.6) is 11.5 Å². The summed E-state index contributed by atoms with van der Waals surface area (Å²) in [5, 5.41) is 12.7. The number of fused-ring (bicyclic) bond motifs is 1. The average molecular weight is 487 g/mol. The van der Waals surface area contributed by atoms with E-state index in [0.717, 1.165) is 40.0 Å². The second kappa shape index (κ2) is 10.2. The van der Waals surface area contributed by atoms with Crippen molar-refractivity contribution in [2.75, 3.05) is 6.79 Å². The number of nitrogens with one attached hydrogen (secondary N) is 1. The highest BCUT2D eigenvalue weighted by atomic mass is 32.2. The molecule has 1 aliphatic rings. The number of amides is 1. The van der Waals surface area contributed by atoms with Gasteiger partial charge in [-0.2, -0.15) is 0 Å². The third-order valence-electron chi connectivity index (χ3n) is 5.79. The Morgan fingerprint density at radius 1 is 1.00 bits per heavy atom. The lowest BCUT2D eigenvalue weighted by molar-refractivity contribution is 0.0950. The molecule has 1 aliphatic heterocycles. The number of carbonyl (C=O) groups excluding carboxylic acids is 1. The van der Waals surface area contributed by atoms with Gasteiger partial charge in [0.2, 0.25) is 6.79 Å². The quantitative estimate of drug-likeness (QED) is 0.344. The zero-order chi connectivity index (χ0) is 24.2. The standard InChI is InChI=1S/C27H26N4O3S/c1-3-31-25(21-10-7-18(2)8-11-21)29-30-27(31)35-16-20-5-4-6-22(13-20)26(32)28-15-19-9-12-23-24(14-19)34-17-33-23/h4-14H,3,15-17H2,1-2H3,(H,28,32). The van der Waals surface area contributed by atoms with Crippen LogP contribution in [0.3, 0.4) is 0 Å². The van der Waals surface area contributed by atoms with E-state index in [9.17, 15) is 4.79 Å². The average Bonchev–Trinajstić information content (AvgIpc) is 3.53. The van der Waals surface area contributed by atoms with E-state index in [0.29, 0.717) is 23.6 Å². The van der Waals surface area contributed by atoms with Crippen LogP contribution in [0.1, 0.15) is 34.0 Å². The highest BCUT2D eigenvalue weighted by molar-refractivity contribution is 7.98. The van der Waals surface area contributed by atoms with Crippen molar-refractivity contribution in [3.63, 3.8) is 0 Å². The highest BCUT2D eigenvalue weighted by Gasteiger charge is 2.15. The van der Waals surface area contributed by atoms with E-state index in [1.54, 1.807) is 11.8 Å². The van der Waals surface area contributed by atoms with Gasteiger partial charge in [0.25, 0.3) is 5.91 Å². The number of thioether (sulfide) groups is 1. The number of ether oxygens (including phenoxy) is 2. The number of nitrogens with zero attached hydrogens (tertiary/aromatic N) is 3. The largest absolute Gasteiger partial charge is 0.454 e. The molecular weight excluding hydrogens is 460 g/mol. The molecule has 0 atom stereocenters. The first-order valence-electron chi connectivity index (χ1n) is 11.5. The Labute approximate surface area is 208 Å². The second-order valence-electron chi connectivity index (χ2n) is 8.28. The molecule has 8 heteroatoms. The Morgan fingerprint density at radius 3 is 2.66 bits per heavy atom. The maximum Gasteiger partial charge on any atom is 0.251 e. The molecule has 1 aromatic heterocycles. The van der Waals surface area contributed by atoms with E-state index in [1.165, 1.54) is 5.56 Å². The van der Waals surface area contributed by atoms with Crippen molar-refractivity contribution >= 4 is 17.7 Å². The Balaban J connectivity index is 1.22. The lowest BCUT2D eigenvalue weighted by Gasteiger charge is -2.09. The van der Waals surface area contributed by atoms with E-state index in [-0.39, 0.29) is 12.7 Å². The molecule has 2 heterocycles. The van der Waals surface area contributed by atoms with E-state index in [2.05, 4.69) is 58.2 Å². The van der Waals surface area contributed by atoms with Gasteiger partial charge in [0.1, 0.15) is 0 Å². The van der Waals surface area contributed by atoms with Gasteiger partial charge in [-0.15, -0.1) is 10.2 Å². The molecule has 0 aliphatic carbocycles. The number of hydrogen-bond donors (Lipinski definition) is 1. The van der Waals surface area contributed by atoms with Crippen LogP contribution in [0.4, 0.5) is 0 Å². The van der Waals surface area contributed by atoms with Crippen molar-refractivity contribution in [1.82, 2.24) is 20.1 Å². The van der Waals surface area contributed by atoms with E-state index < -0.39 is 0 Å². The van der Waals surface area contributed by atoms with Crippen LogP contribution in [0, 0.1) is 6.92 Å². The number of carbonyl (C=O) groups is 1. The number of rotatable bonds is 8. The fourth-order valence-corrected chi connectivity index (χ4v) is 4.83. The first-order chi connectivity index (χ1) is 17.1. The van der Waals surface area contributed by atoms with Gasteiger partial charge in [0, 0.05) is 30.0 Å². The summed E-state index contributed by atoms with van der Waals surface area (Å²) >= 11 is 1.62. The Hall–Kier alpha value is -3.78. The summed E-state index contributed by atoms with van der Waals surface area (Å²) in [5.74, 6) is 2.88. The normalized spacial score (nSPS) is 12.1. The van der Waals surface area contributed by atoms with Crippen molar-refractivity contribution in [1.29, 1.82) is 0 Å². The molecular formula is C27H26N4O3S. The van der Waals surface area contributed by atoms with Gasteiger partial charge in [0.05, 0.1) is 0 Å². The fraction of sp³-hybridized carbons (Fsp3) is 0.222. The maximum atomic E-state index is 12.8. The van der Waals surface area contributed by atoms with Gasteiger partial charge in [-0.05, 0) is 49.2 Å². The van der Waals surface area contributed by atoms with Crippen molar-refractivity contribution in [2.24, 2.45) is 0 Å². The number of aromatic nitrogens is 3. The number of hydrogen-bond acceptors (Lipinski definition) is 6. The summed E-state index contributed by atoms with van der Waals surface area (Å²) in [6.45, 7) is 5.59. The molecule has 0 saturated heterocycles. The predicted molar refractivity (Wildman–Crippen MR) is 136 cm³/mol. The Morgan fingerprint density at radius 2 is 1.83 bits per heavy atom. The van der Waals surface area contributed by atoms with Crippen LogP contribution in [0.25, 0.3) is 11.4 Å². The number of aryl methyl sites for hydroxylation is 1. The molecule has 35 heavy (non-hydrogen) atoms. The van der Waals surface area contributed by atoms with Crippen LogP contribution in [-0.4, -0.2) is 27.5 Å². The summed E-state index contributed by atoms with van der Waals surface area (Å²) in [6, 6.07) is 21.7. The topological polar surface area (TPSA) is 78.3 Å². The molecule has 0 bridgehead atoms. The molecule has 1 N–H and O–H groups in total. The lowest BCUT2D eigenvalue weighted by Crippen LogP contribution is -2.22. The van der Waals surface area contributed by atoms with Gasteiger partial charge in [0.15, 0.2) is 22.5 Å². The summed E-state index contributed by atoms with van der Waals surface area (Å²) in [5.41, 5.74) is 4.90. The molecule has 0 radical (unpaired) electrons. The molecule has 4 aromatic rings. The molecule has 5 rings (SSSR count). The number of benzene rings is 3. The SMILES string of the molecule is CCn1c(SCc2cccc(C(=O)NCc3ccc4c(c3)OCO4)c2)nnc1-c1ccc(C)cc1. The van der Waals surface area contributed by atoms with Gasteiger partial charge >= 0.3 is 0 Å². The van der Waals surface area contributed by atoms with Gasteiger partial charge in [-0.3, -0.25) is 4.79 Å². The molecule has 7 nitrogen and oxygen atoms in total. The third kappa shape index (κ3) is 5.17. The first kappa shape index (κ1) is 23.0. The Kier molecular flexibility index (Phi) is 6.72. The van der Waals surface area contributed by atoms with Crippen molar-refractivity contribution < 1.29 is 14.3 Å². The molecule has 178 valence electrons.